The number of benzene rings is 2. The van der Waals surface area contributed by atoms with Crippen LogP contribution in [0.1, 0.15) is 56.8 Å². The SMILES string of the molecule is Cc1ccc(/C=C/C(=O)c2cccn2C/C=C/c2cccc(C(=O)NC3(C(=O)O)CCC3)c2)cc1. The van der Waals surface area contributed by atoms with Gasteiger partial charge in [0.25, 0.3) is 5.91 Å². The molecule has 2 aromatic carbocycles. The second-order valence-corrected chi connectivity index (χ2v) is 8.88. The van der Waals surface area contributed by atoms with E-state index < -0.39 is 11.5 Å². The number of carbonyl (C=O) groups excluding carboxylic acids is 2. The predicted octanol–water partition coefficient (Wildman–Crippen LogP) is 5.14. The van der Waals surface area contributed by atoms with E-state index in [9.17, 15) is 19.5 Å². The van der Waals surface area contributed by atoms with Crippen molar-refractivity contribution in [1.82, 2.24) is 9.88 Å². The van der Waals surface area contributed by atoms with Gasteiger partial charge in [-0.2, -0.15) is 0 Å². The summed E-state index contributed by atoms with van der Waals surface area (Å²) in [5.74, 6) is -1.45. The lowest BCUT2D eigenvalue weighted by Crippen LogP contribution is -2.59. The fourth-order valence-corrected chi connectivity index (χ4v) is 4.03. The number of nitrogens with zero attached hydrogens (tertiary/aromatic N) is 1. The minimum atomic E-state index is -1.14. The van der Waals surface area contributed by atoms with Crippen LogP contribution in [0.25, 0.3) is 12.2 Å². The average molecular weight is 469 g/mol. The maximum absolute atomic E-state index is 12.7. The van der Waals surface area contributed by atoms with E-state index in [4.69, 9.17) is 0 Å². The Morgan fingerprint density at radius 2 is 1.77 bits per heavy atom. The number of allylic oxidation sites excluding steroid dienone is 2. The summed E-state index contributed by atoms with van der Waals surface area (Å²) in [6.07, 6.45) is 10.7. The molecule has 1 amide bonds. The topological polar surface area (TPSA) is 88.4 Å². The van der Waals surface area contributed by atoms with Gasteiger partial charge in [-0.25, -0.2) is 4.79 Å². The Morgan fingerprint density at radius 3 is 2.46 bits per heavy atom. The highest BCUT2D eigenvalue weighted by atomic mass is 16.4. The number of carboxylic acids is 1. The summed E-state index contributed by atoms with van der Waals surface area (Å²) in [7, 11) is 0. The number of carboxylic acid groups (broad SMARTS) is 1. The van der Waals surface area contributed by atoms with Crippen LogP contribution in [0.4, 0.5) is 0 Å². The second-order valence-electron chi connectivity index (χ2n) is 8.88. The average Bonchev–Trinajstić information content (AvgIpc) is 3.29. The smallest absolute Gasteiger partial charge is 0.329 e. The lowest BCUT2D eigenvalue weighted by Gasteiger charge is -2.38. The molecule has 0 saturated heterocycles. The van der Waals surface area contributed by atoms with Crippen molar-refractivity contribution in [2.45, 2.75) is 38.3 Å². The molecule has 1 fully saturated rings. The third kappa shape index (κ3) is 5.66. The van der Waals surface area contributed by atoms with Gasteiger partial charge in [0, 0.05) is 18.3 Å². The fourth-order valence-electron chi connectivity index (χ4n) is 4.03. The lowest BCUT2D eigenvalue weighted by atomic mass is 9.76. The third-order valence-electron chi connectivity index (χ3n) is 6.32. The normalized spacial score (nSPS) is 14.7. The molecule has 0 spiro atoms. The summed E-state index contributed by atoms with van der Waals surface area (Å²) in [4.78, 5) is 36.9. The number of aryl methyl sites for hydroxylation is 1. The summed E-state index contributed by atoms with van der Waals surface area (Å²) < 4.78 is 1.86. The molecule has 6 nitrogen and oxygen atoms in total. The van der Waals surface area contributed by atoms with Crippen LogP contribution in [-0.4, -0.2) is 32.9 Å². The molecule has 0 radical (unpaired) electrons. The van der Waals surface area contributed by atoms with E-state index in [1.165, 1.54) is 5.56 Å². The molecule has 3 aromatic rings. The van der Waals surface area contributed by atoms with Crippen molar-refractivity contribution in [2.75, 3.05) is 0 Å². The molecule has 1 aliphatic carbocycles. The Balaban J connectivity index is 1.39. The van der Waals surface area contributed by atoms with E-state index in [0.29, 0.717) is 30.6 Å². The largest absolute Gasteiger partial charge is 0.480 e. The lowest BCUT2D eigenvalue weighted by molar-refractivity contribution is -0.148. The Kier molecular flexibility index (Phi) is 7.11. The van der Waals surface area contributed by atoms with Crippen molar-refractivity contribution in [1.29, 1.82) is 0 Å². The Bertz CT molecular complexity index is 1290. The first kappa shape index (κ1) is 24.0. The second kappa shape index (κ2) is 10.4. The van der Waals surface area contributed by atoms with E-state index in [1.54, 1.807) is 30.3 Å². The fraction of sp³-hybridized carbons (Fsp3) is 0.207. The Hall–Kier alpha value is -4.19. The Morgan fingerprint density at radius 1 is 1.00 bits per heavy atom. The van der Waals surface area contributed by atoms with Gasteiger partial charge in [-0.3, -0.25) is 9.59 Å². The van der Waals surface area contributed by atoms with Crippen LogP contribution >= 0.6 is 0 Å². The van der Waals surface area contributed by atoms with Gasteiger partial charge in [0.2, 0.25) is 5.78 Å². The van der Waals surface area contributed by atoms with Crippen molar-refractivity contribution < 1.29 is 19.5 Å². The molecule has 1 saturated carbocycles. The quantitative estimate of drug-likeness (QED) is 0.336. The number of rotatable bonds is 9. The maximum atomic E-state index is 12.7. The monoisotopic (exact) mass is 468 g/mol. The summed E-state index contributed by atoms with van der Waals surface area (Å²) in [6, 6.07) is 18.6. The number of aliphatic carboxylic acids is 1. The first-order valence-electron chi connectivity index (χ1n) is 11.6. The first-order valence-corrected chi connectivity index (χ1v) is 11.6. The van der Waals surface area contributed by atoms with Gasteiger partial charge >= 0.3 is 5.97 Å². The van der Waals surface area contributed by atoms with Gasteiger partial charge in [0.05, 0.1) is 5.69 Å². The van der Waals surface area contributed by atoms with Crippen LogP contribution in [0.5, 0.6) is 0 Å². The van der Waals surface area contributed by atoms with Crippen molar-refractivity contribution in [3.8, 4) is 0 Å². The highest BCUT2D eigenvalue weighted by molar-refractivity contribution is 6.05. The van der Waals surface area contributed by atoms with Crippen LogP contribution in [0.3, 0.4) is 0 Å². The number of hydrogen-bond acceptors (Lipinski definition) is 3. The summed E-state index contributed by atoms with van der Waals surface area (Å²) in [5, 5.41) is 12.1. The Labute approximate surface area is 204 Å². The molecule has 6 heteroatoms. The number of amides is 1. The van der Waals surface area contributed by atoms with Gasteiger partial charge in [-0.1, -0.05) is 60.2 Å². The molecule has 2 N–H and O–H groups in total. The van der Waals surface area contributed by atoms with E-state index in [-0.39, 0.29) is 11.7 Å². The zero-order chi connectivity index (χ0) is 24.8. The molecule has 178 valence electrons. The molecule has 4 rings (SSSR count). The molecule has 0 atom stereocenters. The number of nitrogens with one attached hydrogen (secondary N) is 1. The zero-order valence-corrected chi connectivity index (χ0v) is 19.6. The standard InChI is InChI=1S/C29H28N2O4/c1-21-10-12-22(13-11-21)14-15-26(32)25-9-4-19-31(25)18-3-7-23-6-2-8-24(20-23)27(33)30-29(28(34)35)16-5-17-29/h2-4,6-15,19-20H,5,16-18H2,1H3,(H,30,33)(H,34,35)/b7-3+,15-14+. The molecule has 0 unspecified atom stereocenters. The molecular formula is C29H28N2O4. The van der Waals surface area contributed by atoms with Gasteiger partial charge in [-0.05, 0) is 67.7 Å². The third-order valence-corrected chi connectivity index (χ3v) is 6.32. The minimum Gasteiger partial charge on any atom is -0.480 e. The number of aromatic nitrogens is 1. The molecule has 1 aliphatic rings. The minimum absolute atomic E-state index is 0.0778. The number of ketones is 1. The van der Waals surface area contributed by atoms with Crippen molar-refractivity contribution >= 4 is 29.8 Å². The summed E-state index contributed by atoms with van der Waals surface area (Å²) >= 11 is 0. The van der Waals surface area contributed by atoms with Crippen molar-refractivity contribution in [3.63, 3.8) is 0 Å². The van der Waals surface area contributed by atoms with Gasteiger partial charge in [-0.15, -0.1) is 0 Å². The molecule has 35 heavy (non-hydrogen) atoms. The summed E-state index contributed by atoms with van der Waals surface area (Å²) in [6.45, 7) is 2.51. The molecule has 0 bridgehead atoms. The van der Waals surface area contributed by atoms with Gasteiger partial charge < -0.3 is 15.0 Å². The van der Waals surface area contributed by atoms with E-state index >= 15 is 0 Å². The highest BCUT2D eigenvalue weighted by Crippen LogP contribution is 2.32. The van der Waals surface area contributed by atoms with E-state index in [2.05, 4.69) is 5.32 Å². The number of carbonyl (C=O) groups is 3. The summed E-state index contributed by atoms with van der Waals surface area (Å²) in [5.41, 5.74) is 2.81. The van der Waals surface area contributed by atoms with E-state index in [0.717, 1.165) is 17.5 Å². The molecular weight excluding hydrogens is 440 g/mol. The molecule has 1 aromatic heterocycles. The van der Waals surface area contributed by atoms with Crippen molar-refractivity contribution in [3.05, 3.63) is 107 Å². The highest BCUT2D eigenvalue weighted by Gasteiger charge is 2.45. The van der Waals surface area contributed by atoms with Crippen LogP contribution in [0, 0.1) is 6.92 Å². The van der Waals surface area contributed by atoms with E-state index in [1.807, 2.05) is 72.3 Å². The first-order chi connectivity index (χ1) is 16.9. The van der Waals surface area contributed by atoms with Crippen LogP contribution in [0.15, 0.2) is 79.0 Å². The van der Waals surface area contributed by atoms with Crippen LogP contribution in [-0.2, 0) is 11.3 Å². The zero-order valence-electron chi connectivity index (χ0n) is 19.6. The van der Waals surface area contributed by atoms with Crippen molar-refractivity contribution in [2.24, 2.45) is 0 Å². The van der Waals surface area contributed by atoms with Gasteiger partial charge in [0.1, 0.15) is 5.54 Å². The predicted molar refractivity (Wildman–Crippen MR) is 136 cm³/mol. The van der Waals surface area contributed by atoms with Gasteiger partial charge in [0.15, 0.2) is 0 Å². The molecule has 1 heterocycles. The number of hydrogen-bond donors (Lipinski definition) is 2. The van der Waals surface area contributed by atoms with Crippen LogP contribution in [0.2, 0.25) is 0 Å². The molecule has 0 aliphatic heterocycles. The maximum Gasteiger partial charge on any atom is 0.329 e. The van der Waals surface area contributed by atoms with Crippen LogP contribution < -0.4 is 5.32 Å².